The van der Waals surface area contributed by atoms with Crippen LogP contribution in [-0.4, -0.2) is 4.57 Å². The Balaban J connectivity index is 0.0000302. The second kappa shape index (κ2) is 47.1. The van der Waals surface area contributed by atoms with Crippen LogP contribution in [0.4, 0.5) is 0 Å². The Bertz CT molecular complexity index is 890. The summed E-state index contributed by atoms with van der Waals surface area (Å²) < 4.78 is 5.21. The molecule has 2 nitrogen and oxygen atoms in total. The first-order chi connectivity index (χ1) is 27.3. The Morgan fingerprint density at radius 3 is 1.04 bits per heavy atom. The molecule has 0 aliphatic rings. The third-order valence-corrected chi connectivity index (χ3v) is 12.5. The molecule has 0 bridgehead atoms. The lowest BCUT2D eigenvalue weighted by Gasteiger charge is -2.06. The Morgan fingerprint density at radius 2 is 0.679 bits per heavy atom. The van der Waals surface area contributed by atoms with Gasteiger partial charge < -0.3 is 17.0 Å². The van der Waals surface area contributed by atoms with E-state index in [9.17, 15) is 0 Å². The van der Waals surface area contributed by atoms with Crippen molar-refractivity contribution in [1.29, 1.82) is 0 Å². The molecule has 1 heterocycles. The normalized spacial score (nSPS) is 11.6. The molecule has 0 atom stereocenters. The van der Waals surface area contributed by atoms with E-state index in [1.807, 2.05) is 0 Å². The maximum absolute atomic E-state index is 2.61. The van der Waals surface area contributed by atoms with Crippen LogP contribution in [0.2, 0.25) is 0 Å². The molecule has 0 radical (unpaired) electrons. The van der Waals surface area contributed by atoms with Crippen LogP contribution in [0.15, 0.2) is 24.5 Å². The van der Waals surface area contributed by atoms with Crippen LogP contribution in [0.3, 0.4) is 0 Å². The number of allylic oxidation sites excluding steroid dienone is 2. The lowest BCUT2D eigenvalue weighted by Crippen LogP contribution is -3.00. The van der Waals surface area contributed by atoms with Crippen molar-refractivity contribution in [2.24, 2.45) is 0 Å². The van der Waals surface area contributed by atoms with Crippen LogP contribution in [0.5, 0.6) is 0 Å². The van der Waals surface area contributed by atoms with Crippen molar-refractivity contribution in [3.63, 3.8) is 0 Å². The number of halogens is 1. The number of rotatable bonds is 46. The molecule has 0 amide bonds. The Morgan fingerprint density at radius 1 is 0.375 bits per heavy atom. The fourth-order valence-electron chi connectivity index (χ4n) is 8.68. The predicted molar refractivity (Wildman–Crippen MR) is 248 cm³/mol. The molecule has 0 N–H and O–H groups in total. The standard InChI is InChI=1S/C53H103N2.BrH/c1-4-7-10-13-16-19-21-23-25-27-29-31-33-35-37-39-42-45-48-53-54(49-46-43-40-18-15-12-9-6-3)51-52-55(53)50-47-44-41-38-36-34-32-30-28-26-24-22-20-17-14-11-8-5-2;/h42,45,51-52H,4-41,43-44,46-50H2,1-3H3;1H/q+1;/p-1. The number of hydrogen-bond donors (Lipinski definition) is 0. The molecule has 1 aromatic rings. The maximum atomic E-state index is 2.61. The van der Waals surface area contributed by atoms with Gasteiger partial charge in [0.1, 0.15) is 12.4 Å². The zero-order valence-electron chi connectivity index (χ0n) is 38.9. The van der Waals surface area contributed by atoms with Crippen molar-refractivity contribution in [3.8, 4) is 0 Å². The van der Waals surface area contributed by atoms with Crippen molar-refractivity contribution in [1.82, 2.24) is 4.57 Å². The van der Waals surface area contributed by atoms with E-state index in [2.05, 4.69) is 54.5 Å². The molecule has 0 spiro atoms. The molecular weight excluding hydrogens is 745 g/mol. The molecule has 0 saturated heterocycles. The Labute approximate surface area is 364 Å². The van der Waals surface area contributed by atoms with Gasteiger partial charge in [-0.2, -0.15) is 0 Å². The summed E-state index contributed by atoms with van der Waals surface area (Å²) in [6, 6.07) is 0. The first kappa shape index (κ1) is 55.4. The highest BCUT2D eigenvalue weighted by Gasteiger charge is 2.15. The molecule has 1 rings (SSSR count). The van der Waals surface area contributed by atoms with E-state index in [1.165, 1.54) is 283 Å². The topological polar surface area (TPSA) is 8.81 Å². The van der Waals surface area contributed by atoms with Gasteiger partial charge in [-0.15, -0.1) is 0 Å². The molecule has 0 aliphatic carbocycles. The highest BCUT2D eigenvalue weighted by atomic mass is 79.9. The minimum atomic E-state index is 0. The van der Waals surface area contributed by atoms with E-state index in [-0.39, 0.29) is 17.0 Å². The van der Waals surface area contributed by atoms with Gasteiger partial charge in [0.2, 0.25) is 0 Å². The number of imidazole rings is 1. The summed E-state index contributed by atoms with van der Waals surface area (Å²) in [5.74, 6) is 1.54. The highest BCUT2D eigenvalue weighted by Crippen LogP contribution is 2.17. The Hall–Kier alpha value is -0.570. The van der Waals surface area contributed by atoms with E-state index in [0.717, 1.165) is 6.42 Å². The van der Waals surface area contributed by atoms with Gasteiger partial charge in [-0.1, -0.05) is 264 Å². The largest absolute Gasteiger partial charge is 1.00 e. The Kier molecular flexibility index (Phi) is 46.6. The van der Waals surface area contributed by atoms with Crippen molar-refractivity contribution in [3.05, 3.63) is 30.4 Å². The molecule has 0 aromatic carbocycles. The number of nitrogens with zero attached hydrogens (tertiary/aromatic N) is 2. The smallest absolute Gasteiger partial charge is 0.260 e. The van der Waals surface area contributed by atoms with E-state index in [1.54, 1.807) is 5.82 Å². The fraction of sp³-hybridized carbons (Fsp3) is 0.906. The average molecular weight is 848 g/mol. The molecule has 0 fully saturated rings. The fourth-order valence-corrected chi connectivity index (χ4v) is 8.68. The number of hydrogen-bond acceptors (Lipinski definition) is 0. The first-order valence-corrected chi connectivity index (χ1v) is 26.1. The highest BCUT2D eigenvalue weighted by molar-refractivity contribution is 4.94. The molecule has 3 heteroatoms. The predicted octanol–water partition coefficient (Wildman–Crippen LogP) is 15.3. The summed E-state index contributed by atoms with van der Waals surface area (Å²) >= 11 is 0. The minimum absolute atomic E-state index is 0. The third-order valence-electron chi connectivity index (χ3n) is 12.5. The van der Waals surface area contributed by atoms with E-state index in [0.29, 0.717) is 0 Å². The van der Waals surface area contributed by atoms with Crippen LogP contribution in [0, 0.1) is 0 Å². The summed E-state index contributed by atoms with van der Waals surface area (Å²) in [7, 11) is 0. The van der Waals surface area contributed by atoms with Crippen LogP contribution < -0.4 is 21.5 Å². The van der Waals surface area contributed by atoms with Crippen LogP contribution in [0.25, 0.3) is 0 Å². The van der Waals surface area contributed by atoms with Crippen LogP contribution in [0.1, 0.15) is 296 Å². The van der Waals surface area contributed by atoms with E-state index < -0.39 is 0 Å². The molecular formula is C53H103BrN2. The SMILES string of the molecule is CCCCCCCCCCCCCCCCCC=CCc1n(CCCCCCCCCC)cc[n+]1CCCCCCCCCCCCCCCCCCCC.[Br-]. The molecule has 56 heavy (non-hydrogen) atoms. The van der Waals surface area contributed by atoms with Gasteiger partial charge in [-0.25, -0.2) is 9.13 Å². The molecule has 0 saturated carbocycles. The van der Waals surface area contributed by atoms with Crippen molar-refractivity contribution < 1.29 is 21.5 Å². The quantitative estimate of drug-likeness (QED) is 0.0351. The third kappa shape index (κ3) is 37.7. The monoisotopic (exact) mass is 847 g/mol. The number of aromatic nitrogens is 2. The first-order valence-electron chi connectivity index (χ1n) is 26.1. The van der Waals surface area contributed by atoms with Gasteiger partial charge >= 0.3 is 0 Å². The van der Waals surface area contributed by atoms with Crippen LogP contribution >= 0.6 is 0 Å². The molecule has 1 aromatic heterocycles. The van der Waals surface area contributed by atoms with Crippen molar-refractivity contribution >= 4 is 0 Å². The molecule has 0 aliphatic heterocycles. The summed E-state index contributed by atoms with van der Waals surface area (Å²) in [4.78, 5) is 0. The van der Waals surface area contributed by atoms with E-state index >= 15 is 0 Å². The van der Waals surface area contributed by atoms with Crippen molar-refractivity contribution in [2.75, 3.05) is 0 Å². The maximum Gasteiger partial charge on any atom is 0.260 e. The zero-order chi connectivity index (χ0) is 39.4. The molecule has 332 valence electrons. The zero-order valence-corrected chi connectivity index (χ0v) is 40.5. The second-order valence-electron chi connectivity index (χ2n) is 18.0. The van der Waals surface area contributed by atoms with Crippen molar-refractivity contribution in [2.45, 2.75) is 310 Å². The number of unbranched alkanes of at least 4 members (excludes halogenated alkanes) is 39. The number of aryl methyl sites for hydroxylation is 2. The lowest BCUT2D eigenvalue weighted by atomic mass is 10.0. The van der Waals surface area contributed by atoms with Gasteiger partial charge in [-0.05, 0) is 38.5 Å². The van der Waals surface area contributed by atoms with Gasteiger partial charge in [0, 0.05) is 0 Å². The van der Waals surface area contributed by atoms with Gasteiger partial charge in [0.25, 0.3) is 5.82 Å². The summed E-state index contributed by atoms with van der Waals surface area (Å²) in [5.41, 5.74) is 0. The lowest BCUT2D eigenvalue weighted by molar-refractivity contribution is -0.703. The van der Waals surface area contributed by atoms with Crippen LogP contribution in [-0.2, 0) is 19.5 Å². The minimum Gasteiger partial charge on any atom is -1.00 e. The molecule has 0 unspecified atom stereocenters. The van der Waals surface area contributed by atoms with Gasteiger partial charge in [-0.3, -0.25) is 0 Å². The van der Waals surface area contributed by atoms with E-state index in [4.69, 9.17) is 0 Å². The summed E-state index contributed by atoms with van der Waals surface area (Å²) in [6.45, 7) is 9.34. The average Bonchev–Trinajstić information content (AvgIpc) is 3.58. The summed E-state index contributed by atoms with van der Waals surface area (Å²) in [6.07, 6.45) is 71.1. The van der Waals surface area contributed by atoms with Gasteiger partial charge in [0.15, 0.2) is 0 Å². The second-order valence-corrected chi connectivity index (χ2v) is 18.0. The van der Waals surface area contributed by atoms with Gasteiger partial charge in [0.05, 0.1) is 19.5 Å². The summed E-state index contributed by atoms with van der Waals surface area (Å²) in [5, 5.41) is 0.